The topological polar surface area (TPSA) is 67.4 Å². The number of hydrogen-bond acceptors (Lipinski definition) is 4. The van der Waals surface area contributed by atoms with Crippen LogP contribution < -0.4 is 15.4 Å². The molecule has 3 aromatic carbocycles. The highest BCUT2D eigenvalue weighted by atomic mass is 32.2. The lowest BCUT2D eigenvalue weighted by molar-refractivity contribution is -0.115. The molecule has 166 valence electrons. The standard InChI is InChI=1S/C26H28N2O3S/c1-5-24(26(30)28-23-13-12-17(2)14-18(23)3)32-22-11-7-9-20(16-22)27-25(29)19-8-6-10-21(15-19)31-4/h6-16,24H,5H2,1-4H3,(H,27,29)(H,28,30). The molecule has 0 radical (unpaired) electrons. The summed E-state index contributed by atoms with van der Waals surface area (Å²) in [6, 6.07) is 20.5. The van der Waals surface area contributed by atoms with Gasteiger partial charge in [0.2, 0.25) is 5.91 Å². The van der Waals surface area contributed by atoms with Crippen molar-refractivity contribution >= 4 is 35.0 Å². The van der Waals surface area contributed by atoms with Gasteiger partial charge in [-0.3, -0.25) is 9.59 Å². The average Bonchev–Trinajstić information content (AvgIpc) is 2.79. The van der Waals surface area contributed by atoms with E-state index in [4.69, 9.17) is 4.74 Å². The number of carbonyl (C=O) groups excluding carboxylic acids is 2. The SMILES string of the molecule is CCC(Sc1cccc(NC(=O)c2cccc(OC)c2)c1)C(=O)Nc1ccc(C)cc1C. The van der Waals surface area contributed by atoms with E-state index in [1.807, 2.05) is 57.2 Å². The monoisotopic (exact) mass is 448 g/mol. The number of amides is 2. The summed E-state index contributed by atoms with van der Waals surface area (Å²) >= 11 is 1.48. The minimum absolute atomic E-state index is 0.0322. The number of rotatable bonds is 8. The van der Waals surface area contributed by atoms with Gasteiger partial charge in [0.1, 0.15) is 5.75 Å². The fourth-order valence-corrected chi connectivity index (χ4v) is 4.28. The van der Waals surface area contributed by atoms with Gasteiger partial charge in [-0.2, -0.15) is 0 Å². The van der Waals surface area contributed by atoms with Crippen LogP contribution in [0.4, 0.5) is 11.4 Å². The molecule has 0 saturated heterocycles. The smallest absolute Gasteiger partial charge is 0.255 e. The predicted octanol–water partition coefficient (Wildman–Crippen LogP) is 6.07. The van der Waals surface area contributed by atoms with E-state index in [1.54, 1.807) is 31.4 Å². The Hall–Kier alpha value is -3.25. The highest BCUT2D eigenvalue weighted by molar-refractivity contribution is 8.00. The summed E-state index contributed by atoms with van der Waals surface area (Å²) in [4.78, 5) is 26.4. The first kappa shape index (κ1) is 23.4. The Labute approximate surface area is 193 Å². The first-order valence-electron chi connectivity index (χ1n) is 10.5. The Balaban J connectivity index is 1.68. The van der Waals surface area contributed by atoms with Gasteiger partial charge < -0.3 is 15.4 Å². The second kappa shape index (κ2) is 10.9. The number of thioether (sulfide) groups is 1. The number of aryl methyl sites for hydroxylation is 2. The van der Waals surface area contributed by atoms with Gasteiger partial charge in [-0.15, -0.1) is 11.8 Å². The zero-order valence-corrected chi connectivity index (χ0v) is 19.6. The van der Waals surface area contributed by atoms with Crippen LogP contribution in [0.15, 0.2) is 71.6 Å². The molecule has 0 aliphatic rings. The normalized spacial score (nSPS) is 11.5. The lowest BCUT2D eigenvalue weighted by atomic mass is 10.1. The van der Waals surface area contributed by atoms with Crippen LogP contribution in [0.1, 0.15) is 34.8 Å². The Morgan fingerprint density at radius 1 is 0.969 bits per heavy atom. The second-order valence-corrected chi connectivity index (χ2v) is 8.81. The van der Waals surface area contributed by atoms with E-state index in [1.165, 1.54) is 11.8 Å². The number of anilines is 2. The lowest BCUT2D eigenvalue weighted by Gasteiger charge is -2.17. The van der Waals surface area contributed by atoms with Crippen LogP contribution in [-0.2, 0) is 4.79 Å². The minimum atomic E-state index is -0.250. The molecule has 0 bridgehead atoms. The van der Waals surface area contributed by atoms with Crippen LogP contribution in [0.2, 0.25) is 0 Å². The Kier molecular flexibility index (Phi) is 7.95. The van der Waals surface area contributed by atoms with Crippen LogP contribution in [-0.4, -0.2) is 24.2 Å². The summed E-state index contributed by atoms with van der Waals surface area (Å²) in [7, 11) is 1.57. The van der Waals surface area contributed by atoms with Gasteiger partial charge in [-0.1, -0.05) is 36.8 Å². The molecule has 3 aromatic rings. The highest BCUT2D eigenvalue weighted by Gasteiger charge is 2.19. The second-order valence-electron chi connectivity index (χ2n) is 7.54. The van der Waals surface area contributed by atoms with E-state index in [9.17, 15) is 9.59 Å². The van der Waals surface area contributed by atoms with E-state index in [2.05, 4.69) is 16.7 Å². The summed E-state index contributed by atoms with van der Waals surface area (Å²) in [6.07, 6.45) is 0.682. The Bertz CT molecular complexity index is 1110. The van der Waals surface area contributed by atoms with Crippen LogP contribution in [0, 0.1) is 13.8 Å². The van der Waals surface area contributed by atoms with Gasteiger partial charge in [0.25, 0.3) is 5.91 Å². The molecule has 0 heterocycles. The maximum Gasteiger partial charge on any atom is 0.255 e. The Morgan fingerprint density at radius 2 is 1.75 bits per heavy atom. The first-order chi connectivity index (χ1) is 15.4. The van der Waals surface area contributed by atoms with Crippen molar-refractivity contribution in [3.05, 3.63) is 83.4 Å². The highest BCUT2D eigenvalue weighted by Crippen LogP contribution is 2.29. The molecule has 0 spiro atoms. The van der Waals surface area contributed by atoms with Crippen molar-refractivity contribution in [3.63, 3.8) is 0 Å². The van der Waals surface area contributed by atoms with E-state index >= 15 is 0 Å². The molecule has 5 nitrogen and oxygen atoms in total. The predicted molar refractivity (Wildman–Crippen MR) is 132 cm³/mol. The molecule has 0 saturated carbocycles. The van der Waals surface area contributed by atoms with Crippen LogP contribution >= 0.6 is 11.8 Å². The van der Waals surface area contributed by atoms with Gasteiger partial charge in [-0.05, 0) is 68.3 Å². The minimum Gasteiger partial charge on any atom is -0.497 e. The zero-order valence-electron chi connectivity index (χ0n) is 18.8. The molecule has 0 aliphatic heterocycles. The molecule has 6 heteroatoms. The summed E-state index contributed by atoms with van der Waals surface area (Å²) in [5, 5.41) is 5.71. The lowest BCUT2D eigenvalue weighted by Crippen LogP contribution is -2.25. The number of benzene rings is 3. The third kappa shape index (κ3) is 6.14. The van der Waals surface area contributed by atoms with Crippen molar-refractivity contribution in [3.8, 4) is 5.75 Å². The van der Waals surface area contributed by atoms with Gasteiger partial charge in [0.05, 0.1) is 12.4 Å². The van der Waals surface area contributed by atoms with E-state index in [-0.39, 0.29) is 17.1 Å². The summed E-state index contributed by atoms with van der Waals surface area (Å²) in [5.41, 5.74) is 4.23. The van der Waals surface area contributed by atoms with Crippen molar-refractivity contribution in [1.29, 1.82) is 0 Å². The molecule has 2 amide bonds. The van der Waals surface area contributed by atoms with Gasteiger partial charge in [-0.25, -0.2) is 0 Å². The van der Waals surface area contributed by atoms with Crippen LogP contribution in [0.5, 0.6) is 5.75 Å². The molecule has 32 heavy (non-hydrogen) atoms. The van der Waals surface area contributed by atoms with E-state index < -0.39 is 0 Å². The van der Waals surface area contributed by atoms with Gasteiger partial charge in [0, 0.05) is 21.8 Å². The third-order valence-corrected chi connectivity index (χ3v) is 6.36. The summed E-state index contributed by atoms with van der Waals surface area (Å²) < 4.78 is 5.19. The van der Waals surface area contributed by atoms with Crippen molar-refractivity contribution in [2.45, 2.75) is 37.3 Å². The molecule has 1 atom stereocenters. The average molecular weight is 449 g/mol. The van der Waals surface area contributed by atoms with Crippen LogP contribution in [0.25, 0.3) is 0 Å². The number of methoxy groups -OCH3 is 1. The van der Waals surface area contributed by atoms with E-state index in [0.29, 0.717) is 23.4 Å². The summed E-state index contributed by atoms with van der Waals surface area (Å²) in [6.45, 7) is 6.02. The largest absolute Gasteiger partial charge is 0.497 e. The fourth-order valence-electron chi connectivity index (χ4n) is 3.27. The molecule has 0 fully saturated rings. The van der Waals surface area contributed by atoms with Crippen molar-refractivity contribution in [1.82, 2.24) is 0 Å². The number of hydrogen-bond donors (Lipinski definition) is 2. The molecule has 1 unspecified atom stereocenters. The Morgan fingerprint density at radius 3 is 2.47 bits per heavy atom. The van der Waals surface area contributed by atoms with Crippen molar-refractivity contribution in [2.75, 3.05) is 17.7 Å². The van der Waals surface area contributed by atoms with Crippen LogP contribution in [0.3, 0.4) is 0 Å². The maximum absolute atomic E-state index is 12.9. The fraction of sp³-hybridized carbons (Fsp3) is 0.231. The van der Waals surface area contributed by atoms with Gasteiger partial charge >= 0.3 is 0 Å². The molecule has 0 aliphatic carbocycles. The molecule has 3 rings (SSSR count). The van der Waals surface area contributed by atoms with Crippen molar-refractivity contribution in [2.24, 2.45) is 0 Å². The van der Waals surface area contributed by atoms with Crippen molar-refractivity contribution < 1.29 is 14.3 Å². The quantitative estimate of drug-likeness (QED) is 0.410. The zero-order chi connectivity index (χ0) is 23.1. The molecule has 0 aromatic heterocycles. The molecular weight excluding hydrogens is 420 g/mol. The van der Waals surface area contributed by atoms with E-state index in [0.717, 1.165) is 21.7 Å². The third-order valence-electron chi connectivity index (χ3n) is 5.01. The maximum atomic E-state index is 12.9. The number of carbonyl (C=O) groups is 2. The molecular formula is C26H28N2O3S. The summed E-state index contributed by atoms with van der Waals surface area (Å²) in [5.74, 6) is 0.378. The molecule has 2 N–H and O–H groups in total. The first-order valence-corrected chi connectivity index (χ1v) is 11.4. The number of nitrogens with one attached hydrogen (secondary N) is 2. The van der Waals surface area contributed by atoms with Gasteiger partial charge in [0.15, 0.2) is 0 Å². The number of ether oxygens (including phenoxy) is 1.